The fourth-order valence-electron chi connectivity index (χ4n) is 1.61. The smallest absolute Gasteiger partial charge is 0.118 e. The minimum Gasteiger partial charge on any atom is -0.497 e. The lowest BCUT2D eigenvalue weighted by Gasteiger charge is -2.11. The Morgan fingerprint density at radius 2 is 1.44 bits per heavy atom. The SMILES string of the molecule is COc1ccc([C@H](O)c2ccccc2)cc1. The number of rotatable bonds is 3. The van der Waals surface area contributed by atoms with Gasteiger partial charge in [-0.3, -0.25) is 0 Å². The van der Waals surface area contributed by atoms with E-state index in [1.54, 1.807) is 7.11 Å². The van der Waals surface area contributed by atoms with Gasteiger partial charge in [0.25, 0.3) is 0 Å². The minimum atomic E-state index is -0.577. The molecule has 0 fully saturated rings. The quantitative estimate of drug-likeness (QED) is 0.851. The van der Waals surface area contributed by atoms with Gasteiger partial charge in [-0.1, -0.05) is 42.5 Å². The van der Waals surface area contributed by atoms with E-state index in [1.165, 1.54) is 0 Å². The van der Waals surface area contributed by atoms with Crippen molar-refractivity contribution in [1.29, 1.82) is 0 Å². The molecule has 1 N–H and O–H groups in total. The molecular weight excluding hydrogens is 200 g/mol. The monoisotopic (exact) mass is 214 g/mol. The van der Waals surface area contributed by atoms with E-state index in [1.807, 2.05) is 54.6 Å². The minimum absolute atomic E-state index is 0.577. The van der Waals surface area contributed by atoms with Crippen molar-refractivity contribution in [3.63, 3.8) is 0 Å². The van der Waals surface area contributed by atoms with E-state index in [-0.39, 0.29) is 0 Å². The van der Waals surface area contributed by atoms with Crippen LogP contribution in [-0.4, -0.2) is 12.2 Å². The van der Waals surface area contributed by atoms with Crippen LogP contribution in [0.3, 0.4) is 0 Å². The van der Waals surface area contributed by atoms with Gasteiger partial charge in [0.2, 0.25) is 0 Å². The molecule has 0 bridgehead atoms. The zero-order valence-corrected chi connectivity index (χ0v) is 9.13. The molecule has 0 aliphatic rings. The Bertz CT molecular complexity index is 434. The molecule has 2 rings (SSSR count). The molecule has 0 aromatic heterocycles. The Morgan fingerprint density at radius 1 is 0.875 bits per heavy atom. The number of ether oxygens (including phenoxy) is 1. The molecule has 0 spiro atoms. The van der Waals surface area contributed by atoms with Crippen molar-refractivity contribution in [1.82, 2.24) is 0 Å². The number of benzene rings is 2. The molecule has 2 aromatic carbocycles. The van der Waals surface area contributed by atoms with E-state index in [0.29, 0.717) is 0 Å². The molecule has 0 aliphatic carbocycles. The van der Waals surface area contributed by atoms with Gasteiger partial charge in [-0.2, -0.15) is 0 Å². The van der Waals surface area contributed by atoms with Crippen LogP contribution in [0.5, 0.6) is 5.75 Å². The maximum atomic E-state index is 10.1. The Morgan fingerprint density at radius 3 is 2.00 bits per heavy atom. The van der Waals surface area contributed by atoms with Crippen LogP contribution in [0.15, 0.2) is 54.6 Å². The van der Waals surface area contributed by atoms with Gasteiger partial charge in [0.05, 0.1) is 7.11 Å². The first kappa shape index (κ1) is 10.7. The van der Waals surface area contributed by atoms with Crippen molar-refractivity contribution in [3.8, 4) is 5.75 Å². The molecule has 2 nitrogen and oxygen atoms in total. The number of aliphatic hydroxyl groups is 1. The summed E-state index contributed by atoms with van der Waals surface area (Å²) >= 11 is 0. The maximum Gasteiger partial charge on any atom is 0.118 e. The van der Waals surface area contributed by atoms with E-state index >= 15 is 0 Å². The molecule has 1 atom stereocenters. The third-order valence-electron chi connectivity index (χ3n) is 2.55. The van der Waals surface area contributed by atoms with E-state index in [0.717, 1.165) is 16.9 Å². The molecule has 0 saturated carbocycles. The predicted octanol–water partition coefficient (Wildman–Crippen LogP) is 2.78. The van der Waals surface area contributed by atoms with E-state index in [4.69, 9.17) is 4.74 Å². The number of hydrogen-bond donors (Lipinski definition) is 1. The van der Waals surface area contributed by atoms with Crippen LogP contribution in [0, 0.1) is 0 Å². The lowest BCUT2D eigenvalue weighted by Crippen LogP contribution is -1.98. The van der Waals surface area contributed by atoms with Gasteiger partial charge in [-0.05, 0) is 23.3 Å². The van der Waals surface area contributed by atoms with Gasteiger partial charge in [-0.25, -0.2) is 0 Å². The van der Waals surface area contributed by atoms with Gasteiger partial charge < -0.3 is 9.84 Å². The van der Waals surface area contributed by atoms with Gasteiger partial charge in [0, 0.05) is 0 Å². The van der Waals surface area contributed by atoms with Crippen LogP contribution < -0.4 is 4.74 Å². The summed E-state index contributed by atoms with van der Waals surface area (Å²) in [5.41, 5.74) is 1.76. The van der Waals surface area contributed by atoms with E-state index < -0.39 is 6.10 Å². The van der Waals surface area contributed by atoms with Crippen molar-refractivity contribution in [2.45, 2.75) is 6.10 Å². The molecule has 16 heavy (non-hydrogen) atoms. The molecule has 2 aromatic rings. The topological polar surface area (TPSA) is 29.5 Å². The lowest BCUT2D eigenvalue weighted by molar-refractivity contribution is 0.220. The summed E-state index contributed by atoms with van der Waals surface area (Å²) in [7, 11) is 1.63. The van der Waals surface area contributed by atoms with Gasteiger partial charge in [-0.15, -0.1) is 0 Å². The average Bonchev–Trinajstić information content (AvgIpc) is 2.39. The highest BCUT2D eigenvalue weighted by Crippen LogP contribution is 2.23. The summed E-state index contributed by atoms with van der Waals surface area (Å²) in [4.78, 5) is 0. The highest BCUT2D eigenvalue weighted by molar-refractivity contribution is 5.33. The fourth-order valence-corrected chi connectivity index (χ4v) is 1.61. The standard InChI is InChI=1S/C14H14O2/c1-16-13-9-7-12(8-10-13)14(15)11-5-3-2-4-6-11/h2-10,14-15H,1H3/t14-/m1/s1. The summed E-state index contributed by atoms with van der Waals surface area (Å²) in [6.07, 6.45) is -0.577. The summed E-state index contributed by atoms with van der Waals surface area (Å²) in [6.45, 7) is 0. The van der Waals surface area contributed by atoms with Crippen LogP contribution >= 0.6 is 0 Å². The summed E-state index contributed by atoms with van der Waals surface area (Å²) < 4.78 is 5.07. The molecule has 0 saturated heterocycles. The Balaban J connectivity index is 2.24. The van der Waals surface area contributed by atoms with E-state index in [9.17, 15) is 5.11 Å². The zero-order chi connectivity index (χ0) is 11.4. The Hall–Kier alpha value is -1.80. The maximum absolute atomic E-state index is 10.1. The summed E-state index contributed by atoms with van der Waals surface area (Å²) in [5.74, 6) is 0.795. The van der Waals surface area contributed by atoms with Crippen LogP contribution in [0.25, 0.3) is 0 Å². The van der Waals surface area contributed by atoms with Gasteiger partial charge in [0.1, 0.15) is 11.9 Å². The second-order valence-corrected chi connectivity index (χ2v) is 3.59. The zero-order valence-electron chi connectivity index (χ0n) is 9.13. The first-order valence-electron chi connectivity index (χ1n) is 5.18. The fraction of sp³-hybridized carbons (Fsp3) is 0.143. The van der Waals surface area contributed by atoms with Crippen molar-refractivity contribution < 1.29 is 9.84 Å². The van der Waals surface area contributed by atoms with Crippen molar-refractivity contribution in [2.75, 3.05) is 7.11 Å². The second kappa shape index (κ2) is 4.81. The van der Waals surface area contributed by atoms with E-state index in [2.05, 4.69) is 0 Å². The molecule has 0 radical (unpaired) electrons. The average molecular weight is 214 g/mol. The van der Waals surface area contributed by atoms with Gasteiger partial charge in [0.15, 0.2) is 0 Å². The highest BCUT2D eigenvalue weighted by Gasteiger charge is 2.09. The van der Waals surface area contributed by atoms with Crippen molar-refractivity contribution in [3.05, 3.63) is 65.7 Å². The van der Waals surface area contributed by atoms with Crippen LogP contribution in [0.2, 0.25) is 0 Å². The largest absolute Gasteiger partial charge is 0.497 e. The first-order valence-corrected chi connectivity index (χ1v) is 5.18. The Kier molecular flexibility index (Phi) is 3.22. The second-order valence-electron chi connectivity index (χ2n) is 3.59. The first-order chi connectivity index (χ1) is 7.81. The third-order valence-corrected chi connectivity index (χ3v) is 2.55. The number of hydrogen-bond acceptors (Lipinski definition) is 2. The lowest BCUT2D eigenvalue weighted by atomic mass is 10.0. The van der Waals surface area contributed by atoms with Crippen molar-refractivity contribution in [2.24, 2.45) is 0 Å². The molecule has 0 amide bonds. The number of methoxy groups -OCH3 is 1. The third kappa shape index (κ3) is 2.23. The predicted molar refractivity (Wildman–Crippen MR) is 63.5 cm³/mol. The normalized spacial score (nSPS) is 12.1. The Labute approximate surface area is 95.1 Å². The van der Waals surface area contributed by atoms with Crippen LogP contribution in [-0.2, 0) is 0 Å². The molecule has 0 unspecified atom stereocenters. The van der Waals surface area contributed by atoms with Crippen LogP contribution in [0.4, 0.5) is 0 Å². The molecule has 2 heteroatoms. The van der Waals surface area contributed by atoms with Gasteiger partial charge >= 0.3 is 0 Å². The molecule has 0 heterocycles. The summed E-state index contributed by atoms with van der Waals surface area (Å²) in [6, 6.07) is 17.0. The molecule has 82 valence electrons. The number of aliphatic hydroxyl groups excluding tert-OH is 1. The molecule has 0 aliphatic heterocycles. The highest BCUT2D eigenvalue weighted by atomic mass is 16.5. The van der Waals surface area contributed by atoms with Crippen molar-refractivity contribution >= 4 is 0 Å². The van der Waals surface area contributed by atoms with Crippen LogP contribution in [0.1, 0.15) is 17.2 Å². The summed E-state index contributed by atoms with van der Waals surface area (Å²) in [5, 5.41) is 10.1. The molecular formula is C14H14O2.